The van der Waals surface area contributed by atoms with E-state index in [2.05, 4.69) is 12.2 Å². The molecule has 0 amide bonds. The normalized spacial score (nSPS) is 31.4. The molecule has 11 heavy (non-hydrogen) atoms. The van der Waals surface area contributed by atoms with E-state index in [1.165, 1.54) is 25.9 Å². The molecular formula is C9H17NO. The first-order valence-corrected chi connectivity index (χ1v) is 4.60. The third-order valence-electron chi connectivity index (χ3n) is 3.40. The first-order valence-electron chi connectivity index (χ1n) is 4.60. The highest BCUT2D eigenvalue weighted by Gasteiger charge is 2.38. The zero-order valence-corrected chi connectivity index (χ0v) is 7.23. The summed E-state index contributed by atoms with van der Waals surface area (Å²) in [5.74, 6) is 0.923. The Morgan fingerprint density at radius 2 is 1.91 bits per heavy atom. The van der Waals surface area contributed by atoms with E-state index in [-0.39, 0.29) is 0 Å². The molecule has 0 aromatic carbocycles. The van der Waals surface area contributed by atoms with E-state index in [1.54, 1.807) is 0 Å². The molecule has 0 atom stereocenters. The standard InChI is InChI=1S/C9H17NO/c1-9(8-6-10-7-8)2-4-11-5-3-9/h8,10H,2-7H2,1H3. The summed E-state index contributed by atoms with van der Waals surface area (Å²) in [6.45, 7) is 6.84. The molecule has 1 N–H and O–H groups in total. The topological polar surface area (TPSA) is 21.3 Å². The molecule has 0 aromatic heterocycles. The van der Waals surface area contributed by atoms with E-state index in [1.807, 2.05) is 0 Å². The number of hydrogen-bond donors (Lipinski definition) is 1. The highest BCUT2D eigenvalue weighted by atomic mass is 16.5. The zero-order chi connectivity index (χ0) is 7.73. The number of ether oxygens (including phenoxy) is 1. The summed E-state index contributed by atoms with van der Waals surface area (Å²) in [6, 6.07) is 0. The lowest BCUT2D eigenvalue weighted by molar-refractivity contribution is -0.0216. The third kappa shape index (κ3) is 1.30. The van der Waals surface area contributed by atoms with Crippen LogP contribution in [0.3, 0.4) is 0 Å². The molecule has 0 aliphatic carbocycles. The van der Waals surface area contributed by atoms with Crippen molar-refractivity contribution in [1.82, 2.24) is 5.32 Å². The van der Waals surface area contributed by atoms with Crippen LogP contribution < -0.4 is 5.32 Å². The summed E-state index contributed by atoms with van der Waals surface area (Å²) >= 11 is 0. The highest BCUT2D eigenvalue weighted by molar-refractivity contribution is 4.91. The van der Waals surface area contributed by atoms with Gasteiger partial charge in [0, 0.05) is 13.2 Å². The van der Waals surface area contributed by atoms with Gasteiger partial charge in [-0.2, -0.15) is 0 Å². The zero-order valence-electron chi connectivity index (χ0n) is 7.23. The highest BCUT2D eigenvalue weighted by Crippen LogP contribution is 2.39. The van der Waals surface area contributed by atoms with Gasteiger partial charge in [-0.15, -0.1) is 0 Å². The number of hydrogen-bond acceptors (Lipinski definition) is 2. The van der Waals surface area contributed by atoms with Gasteiger partial charge in [0.05, 0.1) is 0 Å². The Hall–Kier alpha value is -0.0800. The molecule has 0 spiro atoms. The van der Waals surface area contributed by atoms with E-state index >= 15 is 0 Å². The van der Waals surface area contributed by atoms with E-state index < -0.39 is 0 Å². The Kier molecular flexibility index (Phi) is 1.90. The van der Waals surface area contributed by atoms with E-state index in [4.69, 9.17) is 4.74 Å². The minimum atomic E-state index is 0.587. The van der Waals surface area contributed by atoms with Gasteiger partial charge < -0.3 is 10.1 Å². The summed E-state index contributed by atoms with van der Waals surface area (Å²) in [5, 5.41) is 3.34. The molecule has 2 saturated heterocycles. The van der Waals surface area contributed by atoms with Crippen LogP contribution >= 0.6 is 0 Å². The van der Waals surface area contributed by atoms with Crippen LogP contribution in [-0.4, -0.2) is 26.3 Å². The van der Waals surface area contributed by atoms with Crippen LogP contribution in [0.5, 0.6) is 0 Å². The van der Waals surface area contributed by atoms with Crippen LogP contribution in [0.1, 0.15) is 19.8 Å². The van der Waals surface area contributed by atoms with Gasteiger partial charge in [-0.3, -0.25) is 0 Å². The maximum atomic E-state index is 5.36. The Morgan fingerprint density at radius 3 is 2.36 bits per heavy atom. The average Bonchev–Trinajstić information content (AvgIpc) is 1.83. The van der Waals surface area contributed by atoms with Gasteiger partial charge in [-0.1, -0.05) is 6.92 Å². The molecule has 0 radical (unpaired) electrons. The van der Waals surface area contributed by atoms with Gasteiger partial charge in [-0.25, -0.2) is 0 Å². The molecule has 2 nitrogen and oxygen atoms in total. The van der Waals surface area contributed by atoms with Gasteiger partial charge in [0.2, 0.25) is 0 Å². The predicted molar refractivity (Wildman–Crippen MR) is 44.5 cm³/mol. The molecule has 0 unspecified atom stereocenters. The summed E-state index contributed by atoms with van der Waals surface area (Å²) < 4.78 is 5.36. The van der Waals surface area contributed by atoms with Crippen molar-refractivity contribution in [3.05, 3.63) is 0 Å². The van der Waals surface area contributed by atoms with Crippen molar-refractivity contribution in [3.63, 3.8) is 0 Å². The summed E-state index contributed by atoms with van der Waals surface area (Å²) in [7, 11) is 0. The van der Waals surface area contributed by atoms with Crippen molar-refractivity contribution < 1.29 is 4.74 Å². The van der Waals surface area contributed by atoms with Crippen molar-refractivity contribution in [2.24, 2.45) is 11.3 Å². The fourth-order valence-corrected chi connectivity index (χ4v) is 2.03. The second kappa shape index (κ2) is 2.76. The van der Waals surface area contributed by atoms with Crippen LogP contribution in [0.25, 0.3) is 0 Å². The van der Waals surface area contributed by atoms with Crippen molar-refractivity contribution >= 4 is 0 Å². The predicted octanol–water partition coefficient (Wildman–Crippen LogP) is 1.02. The summed E-state index contributed by atoms with van der Waals surface area (Å²) in [6.07, 6.45) is 2.53. The molecule has 2 aliphatic rings. The molecule has 2 fully saturated rings. The van der Waals surface area contributed by atoms with E-state index in [0.717, 1.165) is 19.1 Å². The van der Waals surface area contributed by atoms with Gasteiger partial charge >= 0.3 is 0 Å². The van der Waals surface area contributed by atoms with Crippen molar-refractivity contribution in [2.45, 2.75) is 19.8 Å². The fraction of sp³-hybridized carbons (Fsp3) is 1.00. The lowest BCUT2D eigenvalue weighted by Crippen LogP contribution is -2.52. The van der Waals surface area contributed by atoms with Gasteiger partial charge in [0.15, 0.2) is 0 Å². The van der Waals surface area contributed by atoms with Crippen LogP contribution in [0.15, 0.2) is 0 Å². The Balaban J connectivity index is 1.94. The largest absolute Gasteiger partial charge is 0.381 e. The molecule has 0 aromatic rings. The Labute approximate surface area is 68.3 Å². The number of nitrogens with one attached hydrogen (secondary N) is 1. The van der Waals surface area contributed by atoms with Crippen LogP contribution in [-0.2, 0) is 4.74 Å². The Bertz CT molecular complexity index is 136. The van der Waals surface area contributed by atoms with Crippen LogP contribution in [0, 0.1) is 11.3 Å². The molecule has 2 heteroatoms. The first kappa shape index (κ1) is 7.56. The third-order valence-corrected chi connectivity index (χ3v) is 3.40. The maximum Gasteiger partial charge on any atom is 0.0471 e. The van der Waals surface area contributed by atoms with Crippen molar-refractivity contribution in [3.8, 4) is 0 Å². The number of rotatable bonds is 1. The Morgan fingerprint density at radius 1 is 1.27 bits per heavy atom. The second-order valence-electron chi connectivity index (χ2n) is 4.12. The lowest BCUT2D eigenvalue weighted by atomic mass is 9.69. The smallest absolute Gasteiger partial charge is 0.0471 e. The van der Waals surface area contributed by atoms with E-state index in [0.29, 0.717) is 5.41 Å². The molecule has 0 saturated carbocycles. The fourth-order valence-electron chi connectivity index (χ4n) is 2.03. The minimum absolute atomic E-state index is 0.587. The summed E-state index contributed by atoms with van der Waals surface area (Å²) in [4.78, 5) is 0. The molecular weight excluding hydrogens is 138 g/mol. The van der Waals surface area contributed by atoms with Gasteiger partial charge in [0.25, 0.3) is 0 Å². The SMILES string of the molecule is CC1(C2CNC2)CCOCC1. The first-order chi connectivity index (χ1) is 5.31. The van der Waals surface area contributed by atoms with Crippen LogP contribution in [0.2, 0.25) is 0 Å². The van der Waals surface area contributed by atoms with Gasteiger partial charge in [0.1, 0.15) is 0 Å². The quantitative estimate of drug-likeness (QED) is 0.610. The lowest BCUT2D eigenvalue weighted by Gasteiger charge is -2.45. The average molecular weight is 155 g/mol. The molecule has 2 rings (SSSR count). The maximum absolute atomic E-state index is 5.36. The monoisotopic (exact) mass is 155 g/mol. The molecule has 64 valence electrons. The molecule has 0 bridgehead atoms. The minimum Gasteiger partial charge on any atom is -0.381 e. The van der Waals surface area contributed by atoms with E-state index in [9.17, 15) is 0 Å². The molecule has 2 heterocycles. The van der Waals surface area contributed by atoms with Crippen molar-refractivity contribution in [2.75, 3.05) is 26.3 Å². The second-order valence-corrected chi connectivity index (χ2v) is 4.12. The summed E-state index contributed by atoms with van der Waals surface area (Å²) in [5.41, 5.74) is 0.587. The van der Waals surface area contributed by atoms with Crippen molar-refractivity contribution in [1.29, 1.82) is 0 Å². The van der Waals surface area contributed by atoms with Gasteiger partial charge in [-0.05, 0) is 37.3 Å². The van der Waals surface area contributed by atoms with Crippen LogP contribution in [0.4, 0.5) is 0 Å². The molecule has 2 aliphatic heterocycles.